The van der Waals surface area contributed by atoms with Crippen LogP contribution in [0.1, 0.15) is 76.2 Å². The lowest BCUT2D eigenvalue weighted by Gasteiger charge is -2.39. The Labute approximate surface area is 265 Å². The lowest BCUT2D eigenvalue weighted by molar-refractivity contribution is -0.138. The zero-order valence-corrected chi connectivity index (χ0v) is 27.7. The molecule has 2 amide bonds. The molecule has 7 nitrogen and oxygen atoms in total. The van der Waals surface area contributed by atoms with Gasteiger partial charge in [-0.1, -0.05) is 37.6 Å². The van der Waals surface area contributed by atoms with Crippen LogP contribution in [0.25, 0.3) is 0 Å². The van der Waals surface area contributed by atoms with Gasteiger partial charge in [0, 0.05) is 56.4 Å². The van der Waals surface area contributed by atoms with Crippen molar-refractivity contribution in [1.29, 1.82) is 0 Å². The van der Waals surface area contributed by atoms with E-state index >= 15 is 0 Å². The summed E-state index contributed by atoms with van der Waals surface area (Å²) in [7, 11) is 0.195. The maximum atomic E-state index is 13.9. The van der Waals surface area contributed by atoms with E-state index in [0.717, 1.165) is 11.6 Å². The SMILES string of the molecule is CC(C)CC(NS(=O)C(C)(C)C)c1cc(C(F)(F)F)ccc1N1CCN(C(=O)C2CC(=O)N(C)C2c2ccc(Cl)cc2)CC1. The Hall–Kier alpha value is -2.63. The van der Waals surface area contributed by atoms with Crippen molar-refractivity contribution in [3.63, 3.8) is 0 Å². The van der Waals surface area contributed by atoms with Crippen molar-refractivity contribution in [1.82, 2.24) is 14.5 Å². The molecule has 0 spiro atoms. The second kappa shape index (κ2) is 13.4. The normalized spacial score (nSPS) is 21.2. The van der Waals surface area contributed by atoms with Gasteiger partial charge in [0.1, 0.15) is 0 Å². The summed E-state index contributed by atoms with van der Waals surface area (Å²) in [5.41, 5.74) is 1.15. The molecule has 0 saturated carbocycles. The lowest BCUT2D eigenvalue weighted by Crippen LogP contribution is -2.51. The van der Waals surface area contributed by atoms with Gasteiger partial charge < -0.3 is 14.7 Å². The van der Waals surface area contributed by atoms with Crippen molar-refractivity contribution in [2.75, 3.05) is 38.1 Å². The Morgan fingerprint density at radius 2 is 1.66 bits per heavy atom. The van der Waals surface area contributed by atoms with E-state index in [0.29, 0.717) is 48.9 Å². The van der Waals surface area contributed by atoms with Gasteiger partial charge in [-0.15, -0.1) is 0 Å². The minimum absolute atomic E-state index is 0.104. The molecular formula is C32H42ClF3N4O3S. The Morgan fingerprint density at radius 3 is 2.20 bits per heavy atom. The van der Waals surface area contributed by atoms with Crippen molar-refractivity contribution in [3.05, 3.63) is 64.2 Å². The third kappa shape index (κ3) is 7.77. The summed E-state index contributed by atoms with van der Waals surface area (Å²) in [6, 6.07) is 9.92. The van der Waals surface area contributed by atoms with Crippen LogP contribution in [0.3, 0.4) is 0 Å². The van der Waals surface area contributed by atoms with Gasteiger partial charge in [0.25, 0.3) is 0 Å². The van der Waals surface area contributed by atoms with E-state index in [1.807, 2.05) is 51.7 Å². The Morgan fingerprint density at radius 1 is 1.05 bits per heavy atom. The largest absolute Gasteiger partial charge is 0.416 e. The molecular weight excluding hydrogens is 613 g/mol. The smallest absolute Gasteiger partial charge is 0.368 e. The number of alkyl halides is 3. The highest BCUT2D eigenvalue weighted by Crippen LogP contribution is 2.40. The first-order chi connectivity index (χ1) is 20.5. The third-order valence-electron chi connectivity index (χ3n) is 8.29. The van der Waals surface area contributed by atoms with E-state index in [1.165, 1.54) is 12.1 Å². The van der Waals surface area contributed by atoms with E-state index in [1.54, 1.807) is 29.0 Å². The van der Waals surface area contributed by atoms with Crippen LogP contribution in [-0.2, 0) is 26.8 Å². The number of carbonyl (C=O) groups excluding carboxylic acids is 2. The number of piperazine rings is 1. The standard InChI is InChI=1S/C32H42ClF3N4O3S/c1-20(2)17-26(37-44(43)31(3,4)5)24-18-22(32(34,35)36)9-12-27(24)39-13-15-40(16-14-39)30(42)25-19-28(41)38(6)29(25)21-7-10-23(33)11-8-21/h7-12,18,20,25-26,29,37H,13-17,19H2,1-6H3. The Kier molecular flexibility index (Phi) is 10.4. The average molecular weight is 655 g/mol. The van der Waals surface area contributed by atoms with Gasteiger partial charge in [-0.2, -0.15) is 13.2 Å². The second-order valence-corrected chi connectivity index (χ2v) is 15.5. The Bertz CT molecular complexity index is 1370. The highest BCUT2D eigenvalue weighted by Gasteiger charge is 2.45. The van der Waals surface area contributed by atoms with Crippen LogP contribution in [0.5, 0.6) is 0 Å². The molecule has 4 unspecified atom stereocenters. The van der Waals surface area contributed by atoms with E-state index in [4.69, 9.17) is 11.6 Å². The fraction of sp³-hybridized carbons (Fsp3) is 0.562. The summed E-state index contributed by atoms with van der Waals surface area (Å²) >= 11 is 6.06. The second-order valence-electron chi connectivity index (χ2n) is 13.1. The average Bonchev–Trinajstić information content (AvgIpc) is 3.25. The van der Waals surface area contributed by atoms with Crippen molar-refractivity contribution < 1.29 is 27.0 Å². The van der Waals surface area contributed by atoms with Crippen LogP contribution in [-0.4, -0.2) is 63.8 Å². The number of hydrogen-bond donors (Lipinski definition) is 1. The maximum Gasteiger partial charge on any atom is 0.416 e. The molecule has 2 saturated heterocycles. The van der Waals surface area contributed by atoms with Crippen molar-refractivity contribution in [3.8, 4) is 0 Å². The molecule has 0 aliphatic carbocycles. The number of hydrogen-bond acceptors (Lipinski definition) is 4. The summed E-state index contributed by atoms with van der Waals surface area (Å²) in [4.78, 5) is 31.8. The van der Waals surface area contributed by atoms with Crippen molar-refractivity contribution in [2.45, 2.75) is 70.5 Å². The summed E-state index contributed by atoms with van der Waals surface area (Å²) < 4.78 is 57.2. The third-order valence-corrected chi connectivity index (χ3v) is 10.2. The van der Waals surface area contributed by atoms with E-state index in [2.05, 4.69) is 4.72 Å². The summed E-state index contributed by atoms with van der Waals surface area (Å²) in [5.74, 6) is -0.640. The fourth-order valence-electron chi connectivity index (χ4n) is 5.92. The molecule has 4 rings (SSSR count). The lowest BCUT2D eigenvalue weighted by atomic mass is 9.92. The molecule has 2 aliphatic rings. The van der Waals surface area contributed by atoms with E-state index in [-0.39, 0.29) is 24.2 Å². The van der Waals surface area contributed by atoms with Gasteiger partial charge in [0.15, 0.2) is 0 Å². The maximum absolute atomic E-state index is 13.9. The molecule has 242 valence electrons. The van der Waals surface area contributed by atoms with Gasteiger partial charge in [-0.3, -0.25) is 9.59 Å². The van der Waals surface area contributed by atoms with Gasteiger partial charge in [0.05, 0.1) is 33.3 Å². The molecule has 4 atom stereocenters. The van der Waals surface area contributed by atoms with Crippen LogP contribution in [0.2, 0.25) is 5.02 Å². The highest BCUT2D eigenvalue weighted by atomic mass is 35.5. The number of amides is 2. The number of benzene rings is 2. The number of carbonyl (C=O) groups is 2. The van der Waals surface area contributed by atoms with Crippen LogP contribution >= 0.6 is 11.6 Å². The zero-order chi connectivity index (χ0) is 32.6. The quantitative estimate of drug-likeness (QED) is 0.359. The van der Waals surface area contributed by atoms with Gasteiger partial charge in [0.2, 0.25) is 11.8 Å². The molecule has 1 N–H and O–H groups in total. The number of nitrogens with zero attached hydrogens (tertiary/aromatic N) is 3. The molecule has 12 heteroatoms. The minimum atomic E-state index is -4.53. The molecule has 2 aromatic rings. The molecule has 0 aromatic heterocycles. The van der Waals surface area contributed by atoms with Crippen LogP contribution in [0.15, 0.2) is 42.5 Å². The zero-order valence-electron chi connectivity index (χ0n) is 26.1. The first-order valence-corrected chi connectivity index (χ1v) is 16.4. The topological polar surface area (TPSA) is 73.0 Å². The summed E-state index contributed by atoms with van der Waals surface area (Å²) in [5, 5.41) is 0.567. The molecule has 2 aromatic carbocycles. The monoisotopic (exact) mass is 654 g/mol. The van der Waals surface area contributed by atoms with E-state index in [9.17, 15) is 27.0 Å². The summed E-state index contributed by atoms with van der Waals surface area (Å²) in [6.07, 6.45) is -3.93. The number of rotatable bonds is 8. The number of nitrogens with one attached hydrogen (secondary N) is 1. The minimum Gasteiger partial charge on any atom is -0.368 e. The van der Waals surface area contributed by atoms with Crippen molar-refractivity contribution >= 4 is 40.1 Å². The van der Waals surface area contributed by atoms with Gasteiger partial charge in [-0.05, 0) is 74.6 Å². The van der Waals surface area contributed by atoms with Gasteiger partial charge >= 0.3 is 6.18 Å². The molecule has 44 heavy (non-hydrogen) atoms. The van der Waals surface area contributed by atoms with Crippen LogP contribution in [0.4, 0.5) is 18.9 Å². The predicted molar refractivity (Wildman–Crippen MR) is 169 cm³/mol. The number of anilines is 1. The van der Waals surface area contributed by atoms with Crippen LogP contribution < -0.4 is 9.62 Å². The molecule has 2 heterocycles. The molecule has 2 fully saturated rings. The first-order valence-electron chi connectivity index (χ1n) is 14.9. The number of halogens is 4. The van der Waals surface area contributed by atoms with Crippen LogP contribution in [0, 0.1) is 11.8 Å². The van der Waals surface area contributed by atoms with E-state index < -0.39 is 45.5 Å². The summed E-state index contributed by atoms with van der Waals surface area (Å²) in [6.45, 7) is 10.9. The fourth-order valence-corrected chi connectivity index (χ4v) is 6.88. The molecule has 0 bridgehead atoms. The molecule has 2 aliphatic heterocycles. The van der Waals surface area contributed by atoms with Crippen molar-refractivity contribution in [2.24, 2.45) is 11.8 Å². The Balaban J connectivity index is 1.58. The van der Waals surface area contributed by atoms with Gasteiger partial charge in [-0.25, -0.2) is 8.93 Å². The first kappa shape index (κ1) is 34.2. The predicted octanol–water partition coefficient (Wildman–Crippen LogP) is 6.37. The number of likely N-dealkylation sites (tertiary alicyclic amines) is 1. The highest BCUT2D eigenvalue weighted by molar-refractivity contribution is 7.84. The molecule has 0 radical (unpaired) electrons.